The number of aromatic hydroxyl groups is 1. The van der Waals surface area contributed by atoms with Gasteiger partial charge in [-0.05, 0) is 36.2 Å². The van der Waals surface area contributed by atoms with Gasteiger partial charge >= 0.3 is 5.63 Å². The number of para-hydroxylation sites is 1. The van der Waals surface area contributed by atoms with Crippen LogP contribution in [0.15, 0.2) is 67.7 Å². The summed E-state index contributed by atoms with van der Waals surface area (Å²) in [6.45, 7) is 2.55. The van der Waals surface area contributed by atoms with Crippen LogP contribution >= 0.6 is 11.8 Å². The molecular formula is C22H18N4O4S. The second-order valence-corrected chi connectivity index (χ2v) is 8.09. The van der Waals surface area contributed by atoms with Gasteiger partial charge in [0.1, 0.15) is 11.3 Å². The molecule has 0 bridgehead atoms. The van der Waals surface area contributed by atoms with Crippen LogP contribution in [0.25, 0.3) is 27.6 Å². The molecule has 0 unspecified atom stereocenters. The maximum absolute atomic E-state index is 12.9. The zero-order chi connectivity index (χ0) is 21.5. The number of benzene rings is 2. The highest BCUT2D eigenvalue weighted by Gasteiger charge is 2.17. The Hall–Kier alpha value is -3.59. The molecule has 0 saturated carbocycles. The summed E-state index contributed by atoms with van der Waals surface area (Å²) < 4.78 is 8.74. The molecule has 2 aromatic carbocycles. The lowest BCUT2D eigenvalue weighted by molar-refractivity contribution is 0.473. The van der Waals surface area contributed by atoms with Gasteiger partial charge in [0.05, 0.1) is 10.9 Å². The highest BCUT2D eigenvalue weighted by molar-refractivity contribution is 7.98. The van der Waals surface area contributed by atoms with Gasteiger partial charge in [-0.15, -0.1) is 10.2 Å². The first-order valence-corrected chi connectivity index (χ1v) is 10.8. The molecule has 0 aliphatic heterocycles. The van der Waals surface area contributed by atoms with E-state index in [1.807, 2.05) is 29.5 Å². The van der Waals surface area contributed by atoms with Crippen molar-refractivity contribution in [2.45, 2.75) is 30.8 Å². The molecule has 0 fully saturated rings. The van der Waals surface area contributed by atoms with E-state index in [0.717, 1.165) is 22.9 Å². The van der Waals surface area contributed by atoms with Crippen molar-refractivity contribution < 1.29 is 9.52 Å². The molecule has 3 heterocycles. The lowest BCUT2D eigenvalue weighted by Gasteiger charge is -2.10. The number of phenolic OH excluding ortho intramolecular Hbond substituents is 1. The molecule has 8 nitrogen and oxygen atoms in total. The largest absolute Gasteiger partial charge is 0.508 e. The van der Waals surface area contributed by atoms with Crippen LogP contribution in [0.5, 0.6) is 5.75 Å². The van der Waals surface area contributed by atoms with Gasteiger partial charge in [-0.1, -0.05) is 30.8 Å². The number of hydrogen-bond donors (Lipinski definition) is 1. The van der Waals surface area contributed by atoms with Crippen molar-refractivity contribution in [3.63, 3.8) is 0 Å². The Balaban J connectivity index is 1.64. The van der Waals surface area contributed by atoms with Crippen molar-refractivity contribution >= 4 is 39.4 Å². The lowest BCUT2D eigenvalue weighted by Crippen LogP contribution is -2.23. The third kappa shape index (κ3) is 3.27. The summed E-state index contributed by atoms with van der Waals surface area (Å²) in [5.41, 5.74) is 1.27. The summed E-state index contributed by atoms with van der Waals surface area (Å²) in [5, 5.41) is 20.3. The fraction of sp³-hybridized carbons (Fsp3) is 0.182. The van der Waals surface area contributed by atoms with Crippen LogP contribution in [0.4, 0.5) is 0 Å². The molecule has 9 heteroatoms. The second-order valence-electron chi connectivity index (χ2n) is 7.15. The minimum absolute atomic E-state index is 0.0317. The minimum Gasteiger partial charge on any atom is -0.508 e. The fourth-order valence-electron chi connectivity index (χ4n) is 3.73. The molecule has 5 aromatic rings. The highest BCUT2D eigenvalue weighted by atomic mass is 32.2. The average Bonchev–Trinajstić information content (AvgIpc) is 3.18. The van der Waals surface area contributed by atoms with Crippen LogP contribution in [0.3, 0.4) is 0 Å². The Morgan fingerprint density at radius 1 is 1.06 bits per heavy atom. The Morgan fingerprint density at radius 3 is 2.74 bits per heavy atom. The summed E-state index contributed by atoms with van der Waals surface area (Å²) >= 11 is 1.42. The van der Waals surface area contributed by atoms with Gasteiger partial charge < -0.3 is 9.52 Å². The van der Waals surface area contributed by atoms with E-state index in [4.69, 9.17) is 4.42 Å². The van der Waals surface area contributed by atoms with Crippen molar-refractivity contribution in [1.82, 2.24) is 19.2 Å². The molecule has 0 saturated heterocycles. The Bertz CT molecular complexity index is 1570. The predicted molar refractivity (Wildman–Crippen MR) is 119 cm³/mol. The van der Waals surface area contributed by atoms with Crippen LogP contribution in [-0.2, 0) is 12.3 Å². The first-order chi connectivity index (χ1) is 15.1. The van der Waals surface area contributed by atoms with Crippen LogP contribution in [0, 0.1) is 0 Å². The molecule has 0 amide bonds. The smallest absolute Gasteiger partial charge is 0.336 e. The Morgan fingerprint density at radius 2 is 1.90 bits per heavy atom. The van der Waals surface area contributed by atoms with Crippen molar-refractivity contribution in [2.75, 3.05) is 0 Å². The standard InChI is InChI=1S/C22H18N4O4S/c1-2-9-25-20(29)16-5-3-4-6-17(16)26-21(25)23-24-22(26)31-12-13-10-19(28)30-18-11-14(27)7-8-15(13)18/h3-8,10-11,27H,2,9,12H2,1H3. The maximum atomic E-state index is 12.9. The minimum atomic E-state index is -0.484. The third-order valence-electron chi connectivity index (χ3n) is 5.10. The van der Waals surface area contributed by atoms with Gasteiger partial charge in [-0.3, -0.25) is 13.8 Å². The van der Waals surface area contributed by atoms with E-state index in [0.29, 0.717) is 34.2 Å². The van der Waals surface area contributed by atoms with E-state index in [1.54, 1.807) is 22.8 Å². The zero-order valence-electron chi connectivity index (χ0n) is 16.6. The zero-order valence-corrected chi connectivity index (χ0v) is 17.4. The van der Waals surface area contributed by atoms with Gasteiger partial charge in [0.2, 0.25) is 5.78 Å². The van der Waals surface area contributed by atoms with Gasteiger partial charge in [0.15, 0.2) is 5.16 Å². The normalized spacial score (nSPS) is 11.6. The number of phenols is 1. The van der Waals surface area contributed by atoms with E-state index in [-0.39, 0.29) is 11.3 Å². The van der Waals surface area contributed by atoms with Crippen LogP contribution < -0.4 is 11.2 Å². The van der Waals surface area contributed by atoms with Crippen LogP contribution in [-0.4, -0.2) is 24.3 Å². The molecule has 0 aliphatic carbocycles. The molecule has 0 aliphatic rings. The van der Waals surface area contributed by atoms with E-state index in [1.165, 1.54) is 23.9 Å². The van der Waals surface area contributed by atoms with Gasteiger partial charge in [-0.2, -0.15) is 0 Å². The van der Waals surface area contributed by atoms with E-state index >= 15 is 0 Å². The molecule has 0 spiro atoms. The first kappa shape index (κ1) is 19.4. The predicted octanol–water partition coefficient (Wildman–Crippen LogP) is 3.56. The molecule has 5 rings (SSSR count). The molecule has 31 heavy (non-hydrogen) atoms. The topological polar surface area (TPSA) is 103 Å². The third-order valence-corrected chi connectivity index (χ3v) is 6.07. The summed E-state index contributed by atoms with van der Waals surface area (Å²) in [7, 11) is 0. The van der Waals surface area contributed by atoms with Gasteiger partial charge in [0, 0.05) is 29.8 Å². The van der Waals surface area contributed by atoms with Crippen molar-refractivity contribution in [2.24, 2.45) is 0 Å². The van der Waals surface area contributed by atoms with E-state index < -0.39 is 5.63 Å². The quantitative estimate of drug-likeness (QED) is 0.333. The van der Waals surface area contributed by atoms with Crippen LogP contribution in [0.1, 0.15) is 18.9 Å². The Labute approximate surface area is 179 Å². The first-order valence-electron chi connectivity index (χ1n) is 9.82. The number of hydrogen-bond acceptors (Lipinski definition) is 7. The molecular weight excluding hydrogens is 416 g/mol. The van der Waals surface area contributed by atoms with Gasteiger partial charge in [-0.25, -0.2) is 4.79 Å². The summed E-state index contributed by atoms with van der Waals surface area (Å²) in [4.78, 5) is 24.9. The number of fused-ring (bicyclic) bond motifs is 4. The monoisotopic (exact) mass is 434 g/mol. The number of rotatable bonds is 5. The van der Waals surface area contributed by atoms with E-state index in [9.17, 15) is 14.7 Å². The highest BCUT2D eigenvalue weighted by Crippen LogP contribution is 2.28. The summed E-state index contributed by atoms with van der Waals surface area (Å²) in [6.07, 6.45) is 0.794. The average molecular weight is 434 g/mol. The van der Waals surface area contributed by atoms with Crippen molar-refractivity contribution in [3.05, 3.63) is 74.9 Å². The molecule has 156 valence electrons. The molecule has 0 atom stereocenters. The SMILES string of the molecule is CCCn1c(=O)c2ccccc2n2c(SCc3cc(=O)oc4cc(O)ccc34)nnc12. The van der Waals surface area contributed by atoms with Crippen molar-refractivity contribution in [1.29, 1.82) is 0 Å². The Kier molecular flexibility index (Phi) is 4.74. The molecule has 3 aromatic heterocycles. The fourth-order valence-corrected chi connectivity index (χ4v) is 4.66. The summed E-state index contributed by atoms with van der Waals surface area (Å²) in [6, 6.07) is 13.5. The molecule has 1 N–H and O–H groups in total. The number of aryl methyl sites for hydroxylation is 1. The lowest BCUT2D eigenvalue weighted by atomic mass is 10.1. The number of nitrogens with zero attached hydrogens (tertiary/aromatic N) is 4. The second kappa shape index (κ2) is 7.59. The number of aromatic nitrogens is 4. The maximum Gasteiger partial charge on any atom is 0.336 e. The van der Waals surface area contributed by atoms with Gasteiger partial charge in [0.25, 0.3) is 5.56 Å². The molecule has 0 radical (unpaired) electrons. The summed E-state index contributed by atoms with van der Waals surface area (Å²) in [5.74, 6) is 0.967. The van der Waals surface area contributed by atoms with Crippen LogP contribution in [0.2, 0.25) is 0 Å². The number of thioether (sulfide) groups is 1. The van der Waals surface area contributed by atoms with E-state index in [2.05, 4.69) is 10.2 Å². The van der Waals surface area contributed by atoms with Crippen molar-refractivity contribution in [3.8, 4) is 5.75 Å².